The van der Waals surface area contributed by atoms with Crippen LogP contribution in [0.3, 0.4) is 0 Å². The van der Waals surface area contributed by atoms with E-state index in [9.17, 15) is 19.2 Å². The number of aryl methyl sites for hydroxylation is 3. The summed E-state index contributed by atoms with van der Waals surface area (Å²) in [6.07, 6.45) is 14.2. The number of nitrogens with zero attached hydrogens (tertiary/aromatic N) is 6. The number of hydrogen-bond donors (Lipinski definition) is 1. The Labute approximate surface area is 361 Å². The van der Waals surface area contributed by atoms with Crippen LogP contribution in [0.1, 0.15) is 53.7 Å². The predicted molar refractivity (Wildman–Crippen MR) is 238 cm³/mol. The van der Waals surface area contributed by atoms with Crippen molar-refractivity contribution in [2.75, 3.05) is 38.7 Å². The van der Waals surface area contributed by atoms with Crippen LogP contribution in [0.5, 0.6) is 11.6 Å². The summed E-state index contributed by atoms with van der Waals surface area (Å²) in [5, 5.41) is 4.80. The monoisotopic (exact) mass is 839 g/mol. The first-order chi connectivity index (χ1) is 30.2. The second-order valence-corrected chi connectivity index (χ2v) is 15.8. The molecular weight excluding hydrogens is 787 g/mol. The highest BCUT2D eigenvalue weighted by atomic mass is 16.5. The Morgan fingerprint density at radius 2 is 1.69 bits per heavy atom. The Morgan fingerprint density at radius 1 is 0.887 bits per heavy atom. The molecular formula is C48H53N7O7. The third-order valence-electron chi connectivity index (χ3n) is 11.6. The highest BCUT2D eigenvalue weighted by Crippen LogP contribution is 2.33. The second kappa shape index (κ2) is 20.3. The maximum Gasteiger partial charge on any atom is 0.242 e. The van der Waals surface area contributed by atoms with Crippen molar-refractivity contribution < 1.29 is 33.4 Å². The minimum absolute atomic E-state index is 0.0891. The molecule has 14 heteroatoms. The van der Waals surface area contributed by atoms with Crippen LogP contribution in [0.25, 0.3) is 32.9 Å². The van der Waals surface area contributed by atoms with Gasteiger partial charge in [-0.1, -0.05) is 12.1 Å². The largest absolute Gasteiger partial charge is 0.489 e. The average Bonchev–Trinajstić information content (AvgIpc) is 3.56. The van der Waals surface area contributed by atoms with Gasteiger partial charge in [0.25, 0.3) is 0 Å². The van der Waals surface area contributed by atoms with Gasteiger partial charge in [0.2, 0.25) is 18.2 Å². The standard InChI is InChI=1S/C40H39N5O4.C8H14N2O3/c1-26-16-31(9-5-29(26)25-46)45-23-35(24-45)47-15-3-4-30-8-10-32(21-42-30)48-33-18-34(19-33)49-40-12-7-28(20-43-40)27-6-11-36-37-22-41-14-13-38(37)44(2)39(36)17-27;1-9-8(13)7(4-3-5-11)10(2)6-12/h5-14,16-17,20-22,25,33-35H,3-4,15,18-19,23-24H2,1-2H3;5-7H,3-4H2,1-2H3,(H,9,13). The zero-order valence-corrected chi connectivity index (χ0v) is 35.6. The van der Waals surface area contributed by atoms with Crippen molar-refractivity contribution in [3.05, 3.63) is 108 Å². The number of likely N-dealkylation sites (N-methyl/N-ethyl adjacent to an activating group) is 2. The summed E-state index contributed by atoms with van der Waals surface area (Å²) in [5.74, 6) is 1.17. The molecule has 5 heterocycles. The molecule has 1 aliphatic carbocycles. The van der Waals surface area contributed by atoms with E-state index in [4.69, 9.17) is 14.2 Å². The quantitative estimate of drug-likeness (QED) is 0.0765. The molecule has 14 nitrogen and oxygen atoms in total. The highest BCUT2D eigenvalue weighted by molar-refractivity contribution is 6.08. The average molecular weight is 840 g/mol. The van der Waals surface area contributed by atoms with Crippen LogP contribution in [-0.2, 0) is 32.6 Å². The molecule has 8 rings (SSSR count). The van der Waals surface area contributed by atoms with Gasteiger partial charge in [0.05, 0.1) is 17.8 Å². The fraction of sp³-hybridized carbons (Fsp3) is 0.354. The van der Waals surface area contributed by atoms with Crippen molar-refractivity contribution >= 4 is 52.4 Å². The van der Waals surface area contributed by atoms with E-state index in [-0.39, 0.29) is 30.6 Å². The number of anilines is 1. The molecule has 4 aromatic heterocycles. The molecule has 2 fully saturated rings. The zero-order valence-electron chi connectivity index (χ0n) is 35.6. The molecule has 1 saturated heterocycles. The van der Waals surface area contributed by atoms with Gasteiger partial charge >= 0.3 is 0 Å². The van der Waals surface area contributed by atoms with Gasteiger partial charge in [-0.05, 0) is 85.8 Å². The maximum absolute atomic E-state index is 11.2. The molecule has 1 N–H and O–H groups in total. The Bertz CT molecular complexity index is 2480. The minimum Gasteiger partial charge on any atom is -0.489 e. The third kappa shape index (κ3) is 10.3. The van der Waals surface area contributed by atoms with Gasteiger partial charge in [0, 0.05) is 124 Å². The van der Waals surface area contributed by atoms with Gasteiger partial charge in [0.1, 0.15) is 36.6 Å². The number of amides is 2. The van der Waals surface area contributed by atoms with Crippen LogP contribution in [0, 0.1) is 6.92 Å². The first kappa shape index (κ1) is 43.4. The number of pyridine rings is 3. The van der Waals surface area contributed by atoms with Crippen molar-refractivity contribution in [3.8, 4) is 22.8 Å². The van der Waals surface area contributed by atoms with E-state index in [1.165, 1.54) is 35.4 Å². The van der Waals surface area contributed by atoms with E-state index >= 15 is 0 Å². The summed E-state index contributed by atoms with van der Waals surface area (Å²) in [7, 11) is 5.10. The number of carbonyl (C=O) groups is 4. The summed E-state index contributed by atoms with van der Waals surface area (Å²) < 4.78 is 20.6. The van der Waals surface area contributed by atoms with Crippen LogP contribution < -0.4 is 19.7 Å². The minimum atomic E-state index is -0.548. The molecule has 1 atom stereocenters. The molecule has 0 spiro atoms. The Kier molecular flexibility index (Phi) is 14.2. The molecule has 2 amide bonds. The number of nitrogens with one attached hydrogen (secondary N) is 1. The molecule has 2 aliphatic rings. The summed E-state index contributed by atoms with van der Waals surface area (Å²) in [5.41, 5.74) is 8.45. The van der Waals surface area contributed by atoms with Crippen LogP contribution in [0.2, 0.25) is 0 Å². The molecule has 0 bridgehead atoms. The Morgan fingerprint density at radius 3 is 2.39 bits per heavy atom. The lowest BCUT2D eigenvalue weighted by Crippen LogP contribution is -2.52. The molecule has 1 saturated carbocycles. The number of fused-ring (bicyclic) bond motifs is 3. The second-order valence-electron chi connectivity index (χ2n) is 15.8. The lowest BCUT2D eigenvalue weighted by molar-refractivity contribution is -0.131. The normalized spacial score (nSPS) is 16.3. The Balaban J connectivity index is 0.000000387. The molecule has 62 heavy (non-hydrogen) atoms. The molecule has 0 radical (unpaired) electrons. The van der Waals surface area contributed by atoms with Gasteiger partial charge in [-0.3, -0.25) is 24.4 Å². The lowest BCUT2D eigenvalue weighted by atomic mass is 9.92. The lowest BCUT2D eigenvalue weighted by Gasteiger charge is -2.41. The number of benzene rings is 2. The summed E-state index contributed by atoms with van der Waals surface area (Å²) in [6.45, 7) is 4.44. The molecule has 1 aliphatic heterocycles. The van der Waals surface area contributed by atoms with Crippen molar-refractivity contribution in [1.82, 2.24) is 29.7 Å². The van der Waals surface area contributed by atoms with E-state index in [2.05, 4.69) is 73.2 Å². The molecule has 2 aromatic carbocycles. The van der Waals surface area contributed by atoms with Gasteiger partial charge in [-0.15, -0.1) is 0 Å². The Hall–Kier alpha value is -6.67. The summed E-state index contributed by atoms with van der Waals surface area (Å²) >= 11 is 0. The third-order valence-corrected chi connectivity index (χ3v) is 11.6. The zero-order chi connectivity index (χ0) is 43.6. The SMILES string of the molecule is CNC(=O)C(CCC=O)N(C)C=O.Cc1cc(N2CC(OCCCc3ccc(OC4CC(Oc5ccc(-c6ccc7c8cnccc8n(C)c7c6)cn5)C4)cn3)C2)ccc1C=O. The van der Waals surface area contributed by atoms with Crippen molar-refractivity contribution in [2.24, 2.45) is 7.05 Å². The van der Waals surface area contributed by atoms with Crippen LogP contribution in [-0.4, -0.2) is 107 Å². The predicted octanol–water partition coefficient (Wildman–Crippen LogP) is 6.30. The topological polar surface area (TPSA) is 158 Å². The number of hydrogen-bond acceptors (Lipinski definition) is 11. The first-order valence-corrected chi connectivity index (χ1v) is 21.0. The number of rotatable bonds is 18. The smallest absolute Gasteiger partial charge is 0.242 e. The number of aldehydes is 2. The number of aromatic nitrogens is 4. The van der Waals surface area contributed by atoms with E-state index in [0.29, 0.717) is 25.3 Å². The summed E-state index contributed by atoms with van der Waals surface area (Å²) in [6, 6.07) is 22.0. The molecule has 6 aromatic rings. The fourth-order valence-corrected chi connectivity index (χ4v) is 7.79. The van der Waals surface area contributed by atoms with Crippen molar-refractivity contribution in [1.29, 1.82) is 0 Å². The van der Waals surface area contributed by atoms with Gasteiger partial charge in [-0.25, -0.2) is 4.98 Å². The van der Waals surface area contributed by atoms with E-state index < -0.39 is 6.04 Å². The highest BCUT2D eigenvalue weighted by Gasteiger charge is 2.33. The van der Waals surface area contributed by atoms with Crippen molar-refractivity contribution in [3.63, 3.8) is 0 Å². The fourth-order valence-electron chi connectivity index (χ4n) is 7.79. The first-order valence-electron chi connectivity index (χ1n) is 21.0. The van der Waals surface area contributed by atoms with E-state index in [1.54, 1.807) is 0 Å². The maximum atomic E-state index is 11.2. The summed E-state index contributed by atoms with van der Waals surface area (Å²) in [4.78, 5) is 59.8. The molecule has 1 unspecified atom stereocenters. The van der Waals surface area contributed by atoms with Crippen LogP contribution in [0.15, 0.2) is 91.5 Å². The van der Waals surface area contributed by atoms with E-state index in [0.717, 1.165) is 96.1 Å². The van der Waals surface area contributed by atoms with Crippen molar-refractivity contribution in [2.45, 2.75) is 69.8 Å². The van der Waals surface area contributed by atoms with E-state index in [1.807, 2.05) is 62.0 Å². The number of carbonyl (C=O) groups excluding carboxylic acids is 4. The van der Waals surface area contributed by atoms with Gasteiger partial charge in [0.15, 0.2) is 0 Å². The number of ether oxygens (including phenoxy) is 3. The van der Waals surface area contributed by atoms with Gasteiger partial charge < -0.3 is 38.7 Å². The van der Waals surface area contributed by atoms with Gasteiger partial charge in [-0.2, -0.15) is 0 Å². The van der Waals surface area contributed by atoms with Crippen LogP contribution >= 0.6 is 0 Å². The molecule has 322 valence electrons. The van der Waals surface area contributed by atoms with Crippen LogP contribution in [0.4, 0.5) is 5.69 Å².